The Kier molecular flexibility index (Phi) is 12.6. The fraction of sp³-hybridized carbons (Fsp3) is 0.875. The first-order chi connectivity index (χ1) is 7.81. The second-order valence-electron chi connectivity index (χ2n) is 5.08. The molecule has 0 bridgehead atoms. The molecule has 0 aromatic heterocycles. The fourth-order valence-electron chi connectivity index (χ4n) is 2.08. The minimum atomic E-state index is 1.27. The normalized spacial score (nSPS) is 10.6. The first-order valence-electron chi connectivity index (χ1n) is 7.47. The summed E-state index contributed by atoms with van der Waals surface area (Å²) < 4.78 is 0. The Morgan fingerprint density at radius 2 is 1.00 bits per heavy atom. The summed E-state index contributed by atoms with van der Waals surface area (Å²) in [6.07, 6.45) is 16.5. The van der Waals surface area contributed by atoms with E-state index in [0.717, 1.165) is 0 Å². The Hall–Kier alpha value is -0.260. The topological polar surface area (TPSA) is 0 Å². The van der Waals surface area contributed by atoms with Crippen LogP contribution >= 0.6 is 0 Å². The van der Waals surface area contributed by atoms with Gasteiger partial charge in [-0.15, -0.1) is 0 Å². The summed E-state index contributed by atoms with van der Waals surface area (Å²) in [6, 6.07) is 0. The van der Waals surface area contributed by atoms with E-state index < -0.39 is 0 Å². The molecule has 96 valence electrons. The minimum Gasteiger partial charge on any atom is -0.0999 e. The van der Waals surface area contributed by atoms with Crippen LogP contribution in [0.3, 0.4) is 0 Å². The van der Waals surface area contributed by atoms with E-state index in [-0.39, 0.29) is 0 Å². The quantitative estimate of drug-likeness (QED) is 0.271. The minimum absolute atomic E-state index is 1.27. The zero-order valence-electron chi connectivity index (χ0n) is 11.7. The first-order valence-corrected chi connectivity index (χ1v) is 7.47. The van der Waals surface area contributed by atoms with Crippen LogP contribution in [0.4, 0.5) is 0 Å². The lowest BCUT2D eigenvalue weighted by Crippen LogP contribution is -1.85. The molecule has 0 aliphatic carbocycles. The third-order valence-corrected chi connectivity index (χ3v) is 3.27. The van der Waals surface area contributed by atoms with Crippen molar-refractivity contribution in [2.45, 2.75) is 90.9 Å². The van der Waals surface area contributed by atoms with Gasteiger partial charge in [-0.05, 0) is 25.7 Å². The molecule has 0 nitrogen and oxygen atoms in total. The van der Waals surface area contributed by atoms with Crippen molar-refractivity contribution in [1.29, 1.82) is 0 Å². The Labute approximate surface area is 104 Å². The average molecular weight is 224 g/mol. The maximum atomic E-state index is 4.17. The van der Waals surface area contributed by atoms with E-state index in [4.69, 9.17) is 0 Å². The third-order valence-electron chi connectivity index (χ3n) is 3.27. The van der Waals surface area contributed by atoms with Crippen molar-refractivity contribution >= 4 is 0 Å². The van der Waals surface area contributed by atoms with Crippen LogP contribution < -0.4 is 0 Å². The van der Waals surface area contributed by atoms with E-state index in [1.807, 2.05) is 0 Å². The highest BCUT2D eigenvalue weighted by Crippen LogP contribution is 2.15. The lowest BCUT2D eigenvalue weighted by Gasteiger charge is -2.05. The van der Waals surface area contributed by atoms with Crippen molar-refractivity contribution in [3.05, 3.63) is 12.2 Å². The van der Waals surface area contributed by atoms with Crippen LogP contribution in [-0.2, 0) is 0 Å². The molecular formula is C16H32. The molecule has 0 N–H and O–H groups in total. The van der Waals surface area contributed by atoms with Gasteiger partial charge in [-0.3, -0.25) is 0 Å². The molecule has 0 amide bonds. The molecule has 0 unspecified atom stereocenters. The van der Waals surface area contributed by atoms with Gasteiger partial charge in [0.05, 0.1) is 0 Å². The van der Waals surface area contributed by atoms with Crippen LogP contribution in [0.5, 0.6) is 0 Å². The van der Waals surface area contributed by atoms with Gasteiger partial charge in [0.15, 0.2) is 0 Å². The predicted octanol–water partition coefficient (Wildman–Crippen LogP) is 6.26. The van der Waals surface area contributed by atoms with Gasteiger partial charge in [-0.2, -0.15) is 0 Å². The molecular weight excluding hydrogens is 192 g/mol. The molecule has 0 saturated heterocycles. The van der Waals surface area contributed by atoms with Crippen molar-refractivity contribution in [3.8, 4) is 0 Å². The highest BCUT2D eigenvalue weighted by Gasteiger charge is 1.95. The summed E-state index contributed by atoms with van der Waals surface area (Å²) in [7, 11) is 0. The largest absolute Gasteiger partial charge is 0.0999 e. The van der Waals surface area contributed by atoms with Gasteiger partial charge < -0.3 is 0 Å². The van der Waals surface area contributed by atoms with Crippen molar-refractivity contribution in [2.75, 3.05) is 0 Å². The summed E-state index contributed by atoms with van der Waals surface area (Å²) in [5.41, 5.74) is 1.49. The molecule has 16 heavy (non-hydrogen) atoms. The standard InChI is InChI=1S/C16H32/c1-4-6-8-9-10-11-13-15-16(3)14-12-7-5-2/h3-15H2,1-2H3. The number of allylic oxidation sites excluding steroid dienone is 1. The highest BCUT2D eigenvalue weighted by atomic mass is 14.0. The number of unbranched alkanes of at least 4 members (excludes halogenated alkanes) is 8. The van der Waals surface area contributed by atoms with Gasteiger partial charge >= 0.3 is 0 Å². The van der Waals surface area contributed by atoms with Crippen molar-refractivity contribution in [3.63, 3.8) is 0 Å². The van der Waals surface area contributed by atoms with Crippen LogP contribution in [-0.4, -0.2) is 0 Å². The van der Waals surface area contributed by atoms with Crippen molar-refractivity contribution in [1.82, 2.24) is 0 Å². The van der Waals surface area contributed by atoms with Gasteiger partial charge in [0.1, 0.15) is 0 Å². The third kappa shape index (κ3) is 11.8. The zero-order valence-corrected chi connectivity index (χ0v) is 11.7. The van der Waals surface area contributed by atoms with Gasteiger partial charge in [-0.1, -0.05) is 77.4 Å². The summed E-state index contributed by atoms with van der Waals surface area (Å²) in [5.74, 6) is 0. The summed E-state index contributed by atoms with van der Waals surface area (Å²) in [5, 5.41) is 0. The highest BCUT2D eigenvalue weighted by molar-refractivity contribution is 4.93. The SMILES string of the molecule is C=C(CCCCC)CCCCCCCCC. The molecule has 0 heterocycles. The molecule has 0 spiro atoms. The Balaban J connectivity index is 3.09. The smallest absolute Gasteiger partial charge is 0.0323 e. The Bertz CT molecular complexity index is 146. The van der Waals surface area contributed by atoms with Crippen LogP contribution in [0, 0.1) is 0 Å². The van der Waals surface area contributed by atoms with E-state index in [1.54, 1.807) is 0 Å². The molecule has 0 aliphatic heterocycles. The van der Waals surface area contributed by atoms with E-state index in [0.29, 0.717) is 0 Å². The summed E-state index contributed by atoms with van der Waals surface area (Å²) in [6.45, 7) is 8.71. The molecule has 0 saturated carbocycles. The van der Waals surface area contributed by atoms with Crippen LogP contribution in [0.15, 0.2) is 12.2 Å². The van der Waals surface area contributed by atoms with E-state index in [2.05, 4.69) is 20.4 Å². The van der Waals surface area contributed by atoms with E-state index >= 15 is 0 Å². The lowest BCUT2D eigenvalue weighted by molar-refractivity contribution is 0.582. The first kappa shape index (κ1) is 15.7. The molecule has 0 aromatic rings. The van der Waals surface area contributed by atoms with Crippen LogP contribution in [0.25, 0.3) is 0 Å². The number of hydrogen-bond acceptors (Lipinski definition) is 0. The molecule has 0 aromatic carbocycles. The maximum Gasteiger partial charge on any atom is -0.0323 e. The van der Waals surface area contributed by atoms with Gasteiger partial charge in [-0.25, -0.2) is 0 Å². The van der Waals surface area contributed by atoms with E-state index in [9.17, 15) is 0 Å². The molecule has 0 radical (unpaired) electrons. The molecule has 0 rings (SSSR count). The molecule has 0 fully saturated rings. The Morgan fingerprint density at radius 1 is 0.625 bits per heavy atom. The monoisotopic (exact) mass is 224 g/mol. The van der Waals surface area contributed by atoms with Crippen LogP contribution in [0.2, 0.25) is 0 Å². The number of rotatable bonds is 12. The summed E-state index contributed by atoms with van der Waals surface area (Å²) in [4.78, 5) is 0. The average Bonchev–Trinajstić information content (AvgIpc) is 2.28. The number of hydrogen-bond donors (Lipinski definition) is 0. The van der Waals surface area contributed by atoms with Gasteiger partial charge in [0, 0.05) is 0 Å². The Morgan fingerprint density at radius 3 is 1.56 bits per heavy atom. The second kappa shape index (κ2) is 12.8. The fourth-order valence-corrected chi connectivity index (χ4v) is 2.08. The van der Waals surface area contributed by atoms with Crippen LogP contribution in [0.1, 0.15) is 90.9 Å². The van der Waals surface area contributed by atoms with Crippen molar-refractivity contribution in [2.24, 2.45) is 0 Å². The molecule has 0 aliphatic rings. The zero-order chi connectivity index (χ0) is 12.1. The van der Waals surface area contributed by atoms with Crippen molar-refractivity contribution < 1.29 is 0 Å². The predicted molar refractivity (Wildman–Crippen MR) is 75.9 cm³/mol. The molecule has 0 heteroatoms. The maximum absolute atomic E-state index is 4.17. The van der Waals surface area contributed by atoms with E-state index in [1.165, 1.54) is 82.6 Å². The second-order valence-corrected chi connectivity index (χ2v) is 5.08. The summed E-state index contributed by atoms with van der Waals surface area (Å²) >= 11 is 0. The van der Waals surface area contributed by atoms with Gasteiger partial charge in [0.2, 0.25) is 0 Å². The van der Waals surface area contributed by atoms with Gasteiger partial charge in [0.25, 0.3) is 0 Å². The lowest BCUT2D eigenvalue weighted by atomic mass is 10.0. The molecule has 0 atom stereocenters.